The average molecular weight is 573 g/mol. The Kier molecular flexibility index (Phi) is 8.92. The number of amides is 3. The summed E-state index contributed by atoms with van der Waals surface area (Å²) in [5, 5.41) is 3.21. The number of carbonyl (C=O) groups excluding carboxylic acids is 2. The fraction of sp³-hybridized carbons (Fsp3) is 0.559. The molecule has 2 saturated heterocycles. The van der Waals surface area contributed by atoms with Crippen LogP contribution in [0.4, 0.5) is 4.79 Å². The van der Waals surface area contributed by atoms with Crippen LogP contribution in [-0.4, -0.2) is 79.8 Å². The van der Waals surface area contributed by atoms with Crippen LogP contribution in [-0.2, 0) is 0 Å². The molecule has 1 aromatic carbocycles. The van der Waals surface area contributed by atoms with Gasteiger partial charge in [-0.3, -0.25) is 4.79 Å². The van der Waals surface area contributed by atoms with Gasteiger partial charge in [0.05, 0.1) is 11.6 Å². The van der Waals surface area contributed by atoms with Crippen LogP contribution in [0.5, 0.6) is 0 Å². The van der Waals surface area contributed by atoms with Crippen molar-refractivity contribution in [2.75, 3.05) is 26.2 Å². The van der Waals surface area contributed by atoms with E-state index in [-0.39, 0.29) is 29.6 Å². The maximum Gasteiger partial charge on any atom is 0.321 e. The van der Waals surface area contributed by atoms with Gasteiger partial charge in [-0.25, -0.2) is 9.78 Å². The van der Waals surface area contributed by atoms with Gasteiger partial charge >= 0.3 is 6.03 Å². The van der Waals surface area contributed by atoms with Gasteiger partial charge in [-0.15, -0.1) is 0 Å². The number of aromatic nitrogens is 2. The molecule has 226 valence electrons. The number of rotatable bonds is 9. The van der Waals surface area contributed by atoms with Crippen molar-refractivity contribution < 1.29 is 9.59 Å². The lowest BCUT2D eigenvalue weighted by Crippen LogP contribution is -2.51. The molecule has 5 rings (SSSR count). The SMILES string of the molecule is CCCC(CCNC(=O)c1c(C)cc2nccn2c1C)N1CCC(N2C(=O)N(C(C)(C)C)C[C@H]2c2ccccc2)CC1. The van der Waals surface area contributed by atoms with Gasteiger partial charge in [0, 0.05) is 61.9 Å². The average Bonchev–Trinajstić information content (AvgIpc) is 3.57. The molecule has 4 heterocycles. The van der Waals surface area contributed by atoms with E-state index in [0.29, 0.717) is 12.6 Å². The van der Waals surface area contributed by atoms with Crippen LogP contribution in [0.3, 0.4) is 0 Å². The third-order valence-electron chi connectivity index (χ3n) is 9.29. The summed E-state index contributed by atoms with van der Waals surface area (Å²) in [5.41, 5.74) is 4.48. The first-order valence-corrected chi connectivity index (χ1v) is 15.7. The number of aryl methyl sites for hydroxylation is 2. The highest BCUT2D eigenvalue weighted by molar-refractivity contribution is 5.97. The quantitative estimate of drug-likeness (QED) is 0.342. The summed E-state index contributed by atoms with van der Waals surface area (Å²) < 4.78 is 1.97. The zero-order chi connectivity index (χ0) is 30.0. The van der Waals surface area contributed by atoms with Gasteiger partial charge in [0.25, 0.3) is 5.91 Å². The van der Waals surface area contributed by atoms with Crippen LogP contribution in [0.25, 0.3) is 5.65 Å². The second-order valence-electron chi connectivity index (χ2n) is 13.1. The van der Waals surface area contributed by atoms with E-state index in [0.717, 1.165) is 74.2 Å². The molecular weight excluding hydrogens is 524 g/mol. The van der Waals surface area contributed by atoms with Crippen LogP contribution < -0.4 is 5.32 Å². The third-order valence-corrected chi connectivity index (χ3v) is 9.29. The Hall–Kier alpha value is -3.39. The first-order chi connectivity index (χ1) is 20.1. The number of hydrogen-bond donors (Lipinski definition) is 1. The zero-order valence-electron chi connectivity index (χ0n) is 26.3. The number of likely N-dealkylation sites (tertiary alicyclic amines) is 1. The molecule has 0 saturated carbocycles. The second kappa shape index (κ2) is 12.5. The highest BCUT2D eigenvalue weighted by Gasteiger charge is 2.46. The first-order valence-electron chi connectivity index (χ1n) is 15.7. The third kappa shape index (κ3) is 6.05. The lowest BCUT2D eigenvalue weighted by atomic mass is 9.96. The van der Waals surface area contributed by atoms with E-state index in [1.807, 2.05) is 41.5 Å². The van der Waals surface area contributed by atoms with Gasteiger partial charge in [-0.2, -0.15) is 0 Å². The van der Waals surface area contributed by atoms with Crippen LogP contribution in [0.2, 0.25) is 0 Å². The van der Waals surface area contributed by atoms with Crippen molar-refractivity contribution in [1.29, 1.82) is 0 Å². The van der Waals surface area contributed by atoms with Crippen molar-refractivity contribution in [2.24, 2.45) is 0 Å². The molecule has 1 N–H and O–H groups in total. The Morgan fingerprint density at radius 1 is 1.10 bits per heavy atom. The van der Waals surface area contributed by atoms with Crippen molar-refractivity contribution in [1.82, 2.24) is 29.4 Å². The van der Waals surface area contributed by atoms with E-state index in [1.165, 1.54) is 5.56 Å². The smallest absolute Gasteiger partial charge is 0.321 e. The number of fused-ring (bicyclic) bond motifs is 1. The van der Waals surface area contributed by atoms with Gasteiger partial charge in [0.15, 0.2) is 0 Å². The number of benzene rings is 1. The van der Waals surface area contributed by atoms with Crippen molar-refractivity contribution in [3.63, 3.8) is 0 Å². The van der Waals surface area contributed by atoms with Gasteiger partial charge < -0.3 is 24.4 Å². The lowest BCUT2D eigenvalue weighted by Gasteiger charge is -2.42. The molecule has 2 aliphatic rings. The fourth-order valence-corrected chi connectivity index (χ4v) is 7.06. The monoisotopic (exact) mass is 572 g/mol. The highest BCUT2D eigenvalue weighted by Crippen LogP contribution is 2.38. The fourth-order valence-electron chi connectivity index (χ4n) is 7.06. The van der Waals surface area contributed by atoms with Crippen LogP contribution >= 0.6 is 0 Å². The van der Waals surface area contributed by atoms with Gasteiger partial charge in [-0.1, -0.05) is 43.7 Å². The number of nitrogens with zero attached hydrogens (tertiary/aromatic N) is 5. The Balaban J connectivity index is 1.21. The predicted molar refractivity (Wildman–Crippen MR) is 168 cm³/mol. The molecule has 0 spiro atoms. The molecular formula is C34H48N6O2. The van der Waals surface area contributed by atoms with Crippen molar-refractivity contribution in [3.8, 4) is 0 Å². The number of urea groups is 1. The van der Waals surface area contributed by atoms with E-state index < -0.39 is 0 Å². The number of carbonyl (C=O) groups is 2. The first kappa shape index (κ1) is 30.1. The molecule has 1 unspecified atom stereocenters. The number of imidazole rings is 1. The topological polar surface area (TPSA) is 73.2 Å². The zero-order valence-corrected chi connectivity index (χ0v) is 26.3. The maximum atomic E-state index is 13.8. The van der Waals surface area contributed by atoms with E-state index in [4.69, 9.17) is 0 Å². The number of hydrogen-bond acceptors (Lipinski definition) is 4. The number of pyridine rings is 1. The molecule has 8 nitrogen and oxygen atoms in total. The van der Waals surface area contributed by atoms with E-state index in [9.17, 15) is 9.59 Å². The Morgan fingerprint density at radius 2 is 1.81 bits per heavy atom. The van der Waals surface area contributed by atoms with Gasteiger partial charge in [0.2, 0.25) is 0 Å². The summed E-state index contributed by atoms with van der Waals surface area (Å²) in [7, 11) is 0. The molecule has 2 fully saturated rings. The standard InChI is InChI=1S/C34H48N6O2/c1-7-11-27(14-17-36-32(41)31-24(2)22-30-35-18-21-38(30)25(31)3)37-19-15-28(16-20-37)40-29(26-12-9-8-10-13-26)23-39(33(40)42)34(4,5)6/h8-10,12-13,18,21-22,27-29H,7,11,14-17,19-20,23H2,1-6H3,(H,36,41)/t27?,29-/m0/s1. The number of nitrogens with one attached hydrogen (secondary N) is 1. The summed E-state index contributed by atoms with van der Waals surface area (Å²) in [6.07, 6.45) is 8.75. The lowest BCUT2D eigenvalue weighted by molar-refractivity contribution is 0.0805. The van der Waals surface area contributed by atoms with Crippen molar-refractivity contribution in [3.05, 3.63) is 71.2 Å². The molecule has 42 heavy (non-hydrogen) atoms. The molecule has 8 heteroatoms. The summed E-state index contributed by atoms with van der Waals surface area (Å²) in [4.78, 5) is 38.2. The van der Waals surface area contributed by atoms with E-state index in [1.54, 1.807) is 6.20 Å². The second-order valence-corrected chi connectivity index (χ2v) is 13.1. The summed E-state index contributed by atoms with van der Waals surface area (Å²) in [5.74, 6) is -0.0162. The highest BCUT2D eigenvalue weighted by atomic mass is 16.2. The van der Waals surface area contributed by atoms with Crippen molar-refractivity contribution >= 4 is 17.6 Å². The Bertz CT molecular complexity index is 1390. The number of piperidine rings is 1. The summed E-state index contributed by atoms with van der Waals surface area (Å²) in [6.45, 7) is 15.9. The van der Waals surface area contributed by atoms with Gasteiger partial charge in [-0.05, 0) is 77.5 Å². The van der Waals surface area contributed by atoms with Crippen LogP contribution in [0.15, 0.2) is 48.8 Å². The van der Waals surface area contributed by atoms with E-state index in [2.05, 4.69) is 72.1 Å². The predicted octanol–water partition coefficient (Wildman–Crippen LogP) is 5.98. The van der Waals surface area contributed by atoms with Crippen LogP contribution in [0.1, 0.15) is 93.0 Å². The van der Waals surface area contributed by atoms with Crippen LogP contribution in [0, 0.1) is 13.8 Å². The molecule has 0 bridgehead atoms. The Labute approximate surface area is 251 Å². The largest absolute Gasteiger partial charge is 0.352 e. The molecule has 2 aliphatic heterocycles. The molecule has 2 aromatic heterocycles. The van der Waals surface area contributed by atoms with E-state index >= 15 is 0 Å². The molecule has 3 amide bonds. The maximum absolute atomic E-state index is 13.8. The minimum atomic E-state index is -0.210. The normalized spacial score (nSPS) is 19.6. The van der Waals surface area contributed by atoms with Gasteiger partial charge in [0.1, 0.15) is 5.65 Å². The van der Waals surface area contributed by atoms with Crippen molar-refractivity contribution in [2.45, 2.75) is 97.3 Å². The molecule has 0 radical (unpaired) electrons. The Morgan fingerprint density at radius 3 is 2.48 bits per heavy atom. The molecule has 0 aliphatic carbocycles. The summed E-state index contributed by atoms with van der Waals surface area (Å²) in [6, 6.07) is 13.4. The minimum absolute atomic E-state index is 0.0162. The summed E-state index contributed by atoms with van der Waals surface area (Å²) >= 11 is 0. The molecule has 2 atom stereocenters. The minimum Gasteiger partial charge on any atom is -0.352 e. The molecule has 3 aromatic rings.